The summed E-state index contributed by atoms with van der Waals surface area (Å²) in [5.74, 6) is 0. The molecule has 0 unspecified atom stereocenters. The van der Waals surface area contributed by atoms with Gasteiger partial charge in [-0.15, -0.1) is 11.3 Å². The predicted octanol–water partition coefficient (Wildman–Crippen LogP) is 3.55. The summed E-state index contributed by atoms with van der Waals surface area (Å²) in [6.07, 6.45) is 0.911. The van der Waals surface area contributed by atoms with E-state index in [2.05, 4.69) is 21.5 Å². The third kappa shape index (κ3) is 2.87. The Hall–Kier alpha value is -2.41. The molecular weight excluding hydrogens is 322 g/mol. The summed E-state index contributed by atoms with van der Waals surface area (Å²) in [4.78, 5) is 18.9. The normalized spacial score (nSPS) is 14.5. The molecule has 24 heavy (non-hydrogen) atoms. The number of nitrogens with zero attached hydrogens (tertiary/aromatic N) is 4. The molecule has 0 fully saturated rings. The molecule has 1 N–H and O–H groups in total. The van der Waals surface area contributed by atoms with E-state index in [0.717, 1.165) is 51.8 Å². The van der Waals surface area contributed by atoms with Gasteiger partial charge in [-0.25, -0.2) is 9.78 Å². The largest absolute Gasteiger partial charge is 0.322 e. The number of nitrogens with one attached hydrogen (secondary N) is 1. The number of fused-ring (bicyclic) bond motifs is 2. The lowest BCUT2D eigenvalue weighted by molar-refractivity contribution is 0.210. The van der Waals surface area contributed by atoms with E-state index in [-0.39, 0.29) is 6.03 Å². The lowest BCUT2D eigenvalue weighted by Crippen LogP contribution is -2.34. The molecule has 1 aliphatic heterocycles. The molecule has 7 heteroatoms. The van der Waals surface area contributed by atoms with Crippen molar-refractivity contribution in [1.29, 1.82) is 0 Å². The number of amides is 2. The van der Waals surface area contributed by atoms with Gasteiger partial charge < -0.3 is 10.2 Å². The molecule has 0 bridgehead atoms. The van der Waals surface area contributed by atoms with Gasteiger partial charge in [-0.1, -0.05) is 0 Å². The minimum atomic E-state index is -0.0668. The molecule has 1 aliphatic rings. The highest BCUT2D eigenvalue weighted by atomic mass is 32.1. The van der Waals surface area contributed by atoms with Crippen molar-refractivity contribution in [2.45, 2.75) is 33.4 Å². The van der Waals surface area contributed by atoms with Gasteiger partial charge in [-0.05, 0) is 44.5 Å². The molecule has 124 valence electrons. The fourth-order valence-electron chi connectivity index (χ4n) is 3.10. The van der Waals surface area contributed by atoms with E-state index in [0.29, 0.717) is 6.54 Å². The molecule has 2 aromatic heterocycles. The summed E-state index contributed by atoms with van der Waals surface area (Å²) < 4.78 is 3.10. The zero-order valence-corrected chi connectivity index (χ0v) is 14.6. The van der Waals surface area contributed by atoms with E-state index >= 15 is 0 Å². The number of rotatable bonds is 1. The first-order valence-electron chi connectivity index (χ1n) is 8.05. The average molecular weight is 341 g/mol. The first-order valence-corrected chi connectivity index (χ1v) is 8.86. The molecule has 0 saturated carbocycles. The van der Waals surface area contributed by atoms with Gasteiger partial charge >= 0.3 is 6.03 Å². The molecule has 4 rings (SSSR count). The maximum atomic E-state index is 12.7. The Morgan fingerprint density at radius 3 is 3.00 bits per heavy atom. The van der Waals surface area contributed by atoms with Gasteiger partial charge in [0.2, 0.25) is 0 Å². The van der Waals surface area contributed by atoms with Gasteiger partial charge in [0.05, 0.1) is 33.2 Å². The lowest BCUT2D eigenvalue weighted by atomic mass is 10.3. The minimum Gasteiger partial charge on any atom is -0.319 e. The van der Waals surface area contributed by atoms with Crippen LogP contribution >= 0.6 is 11.3 Å². The summed E-state index contributed by atoms with van der Waals surface area (Å²) in [5, 5.41) is 8.52. The van der Waals surface area contributed by atoms with E-state index in [1.54, 1.807) is 11.3 Å². The number of hydrogen-bond donors (Lipinski definition) is 1. The Morgan fingerprint density at radius 2 is 2.12 bits per heavy atom. The molecule has 3 aromatic rings. The molecule has 0 spiro atoms. The highest BCUT2D eigenvalue weighted by molar-refractivity contribution is 7.18. The highest BCUT2D eigenvalue weighted by Gasteiger charge is 2.20. The Morgan fingerprint density at radius 1 is 1.25 bits per heavy atom. The van der Waals surface area contributed by atoms with Crippen molar-refractivity contribution < 1.29 is 4.79 Å². The van der Waals surface area contributed by atoms with Crippen LogP contribution < -0.4 is 5.32 Å². The standard InChI is InChI=1S/C17H19N5OS/c1-11-8-14-10-21(6-3-7-22(14)20-11)17(23)19-13-4-5-15-16(9-13)24-12(2)18-15/h4-5,8-9H,3,6-7,10H2,1-2H3,(H,19,23). The Balaban J connectivity index is 1.52. The Bertz CT molecular complexity index is 913. The van der Waals surface area contributed by atoms with Crippen molar-refractivity contribution in [3.8, 4) is 0 Å². The number of aromatic nitrogens is 3. The Labute approximate surface area is 144 Å². The molecule has 3 heterocycles. The van der Waals surface area contributed by atoms with E-state index in [1.165, 1.54) is 0 Å². The van der Waals surface area contributed by atoms with E-state index in [9.17, 15) is 4.79 Å². The summed E-state index contributed by atoms with van der Waals surface area (Å²) in [6, 6.07) is 7.84. The SMILES string of the molecule is Cc1cc2n(n1)CCCN(C(=O)Nc1ccc3nc(C)sc3c1)C2. The van der Waals surface area contributed by atoms with Gasteiger partial charge in [0.15, 0.2) is 0 Å². The maximum Gasteiger partial charge on any atom is 0.322 e. The molecule has 6 nitrogen and oxygen atoms in total. The topological polar surface area (TPSA) is 63.1 Å². The van der Waals surface area contributed by atoms with Crippen LogP contribution in [0.15, 0.2) is 24.3 Å². The van der Waals surface area contributed by atoms with Crippen LogP contribution in [0.5, 0.6) is 0 Å². The van der Waals surface area contributed by atoms with Crippen molar-refractivity contribution in [2.24, 2.45) is 0 Å². The summed E-state index contributed by atoms with van der Waals surface area (Å²) >= 11 is 1.64. The van der Waals surface area contributed by atoms with Gasteiger partial charge in [0.25, 0.3) is 0 Å². The zero-order chi connectivity index (χ0) is 16.7. The molecule has 0 radical (unpaired) electrons. The fraction of sp³-hybridized carbons (Fsp3) is 0.353. The van der Waals surface area contributed by atoms with Crippen LogP contribution in [0.2, 0.25) is 0 Å². The summed E-state index contributed by atoms with van der Waals surface area (Å²) in [7, 11) is 0. The first-order chi connectivity index (χ1) is 11.6. The minimum absolute atomic E-state index is 0.0668. The fourth-order valence-corrected chi connectivity index (χ4v) is 3.97. The number of thiazole rings is 1. The first kappa shape index (κ1) is 15.1. The van der Waals surface area contributed by atoms with Gasteiger partial charge in [0, 0.05) is 18.8 Å². The average Bonchev–Trinajstić information content (AvgIpc) is 3.01. The molecule has 0 atom stereocenters. The molecule has 2 amide bonds. The second kappa shape index (κ2) is 5.90. The third-order valence-corrected chi connectivity index (χ3v) is 5.10. The highest BCUT2D eigenvalue weighted by Crippen LogP contribution is 2.25. The summed E-state index contributed by atoms with van der Waals surface area (Å²) in [5.41, 5.74) is 3.88. The number of urea groups is 1. The number of carbonyl (C=O) groups is 1. The molecular formula is C17H19N5OS. The van der Waals surface area contributed by atoms with Crippen LogP contribution in [-0.2, 0) is 13.1 Å². The second-order valence-corrected chi connectivity index (χ2v) is 7.36. The van der Waals surface area contributed by atoms with Gasteiger partial charge in [-0.3, -0.25) is 4.68 Å². The van der Waals surface area contributed by atoms with Crippen LogP contribution in [-0.4, -0.2) is 32.2 Å². The van der Waals surface area contributed by atoms with Crippen LogP contribution in [0.4, 0.5) is 10.5 Å². The quantitative estimate of drug-likeness (QED) is 0.736. The van der Waals surface area contributed by atoms with Crippen LogP contribution in [0.1, 0.15) is 22.8 Å². The number of benzene rings is 1. The Kier molecular flexibility index (Phi) is 3.72. The van der Waals surface area contributed by atoms with Gasteiger partial charge in [-0.2, -0.15) is 5.10 Å². The van der Waals surface area contributed by atoms with E-state index in [4.69, 9.17) is 0 Å². The smallest absolute Gasteiger partial charge is 0.319 e. The predicted molar refractivity (Wildman–Crippen MR) is 95.4 cm³/mol. The maximum absolute atomic E-state index is 12.7. The zero-order valence-electron chi connectivity index (χ0n) is 13.7. The van der Waals surface area contributed by atoms with Crippen molar-refractivity contribution in [3.05, 3.63) is 40.7 Å². The van der Waals surface area contributed by atoms with Crippen molar-refractivity contribution in [2.75, 3.05) is 11.9 Å². The monoisotopic (exact) mass is 341 g/mol. The van der Waals surface area contributed by atoms with Crippen LogP contribution in [0.3, 0.4) is 0 Å². The van der Waals surface area contributed by atoms with Crippen molar-refractivity contribution in [3.63, 3.8) is 0 Å². The van der Waals surface area contributed by atoms with Crippen LogP contribution in [0.25, 0.3) is 10.2 Å². The van der Waals surface area contributed by atoms with Crippen molar-refractivity contribution in [1.82, 2.24) is 19.7 Å². The number of hydrogen-bond acceptors (Lipinski definition) is 4. The molecule has 1 aromatic carbocycles. The number of anilines is 1. The molecule has 0 aliphatic carbocycles. The van der Waals surface area contributed by atoms with E-state index < -0.39 is 0 Å². The number of carbonyl (C=O) groups excluding carboxylic acids is 1. The van der Waals surface area contributed by atoms with Crippen molar-refractivity contribution >= 4 is 33.3 Å². The number of aryl methyl sites for hydroxylation is 3. The van der Waals surface area contributed by atoms with Gasteiger partial charge in [0.1, 0.15) is 0 Å². The summed E-state index contributed by atoms with van der Waals surface area (Å²) in [6.45, 7) is 6.16. The third-order valence-electron chi connectivity index (χ3n) is 4.17. The van der Waals surface area contributed by atoms with E-state index in [1.807, 2.05) is 41.6 Å². The molecule has 0 saturated heterocycles. The second-order valence-electron chi connectivity index (χ2n) is 6.12. The lowest BCUT2D eigenvalue weighted by Gasteiger charge is -2.20. The van der Waals surface area contributed by atoms with Crippen LogP contribution in [0, 0.1) is 13.8 Å².